The van der Waals surface area contributed by atoms with E-state index in [0.29, 0.717) is 5.57 Å². The molecule has 0 aromatic carbocycles. The van der Waals surface area contributed by atoms with E-state index in [0.717, 1.165) is 19.1 Å². The fourth-order valence-electron chi connectivity index (χ4n) is 1.50. The Morgan fingerprint density at radius 1 is 1.36 bits per heavy atom. The van der Waals surface area contributed by atoms with Crippen molar-refractivity contribution in [3.05, 3.63) is 11.8 Å². The molecule has 0 radical (unpaired) electrons. The number of carbonyl (C=O) groups excluding carboxylic acids is 1. The molecule has 0 aliphatic heterocycles. The third-order valence-corrected chi connectivity index (χ3v) is 2.43. The van der Waals surface area contributed by atoms with Crippen LogP contribution in [0.1, 0.15) is 26.7 Å². The second kappa shape index (κ2) is 3.07. The number of aliphatic hydroxyl groups is 1. The molecular weight excluding hydrogens is 140 g/mol. The maximum absolute atomic E-state index is 11.3. The summed E-state index contributed by atoms with van der Waals surface area (Å²) in [7, 11) is 0. The Morgan fingerprint density at radius 3 is 2.36 bits per heavy atom. The van der Waals surface area contributed by atoms with Crippen LogP contribution in [0.5, 0.6) is 0 Å². The molecule has 0 aromatic rings. The minimum absolute atomic E-state index is 0.101. The minimum atomic E-state index is 0.101. The average molecular weight is 154 g/mol. The first kappa shape index (κ1) is 8.31. The van der Waals surface area contributed by atoms with Crippen LogP contribution in [-0.4, -0.2) is 10.9 Å². The Hall–Kier alpha value is -0.790. The monoisotopic (exact) mass is 154 g/mol. The van der Waals surface area contributed by atoms with Crippen molar-refractivity contribution in [1.82, 2.24) is 0 Å². The molecule has 1 N–H and O–H groups in total. The second-order valence-electron chi connectivity index (χ2n) is 3.33. The van der Waals surface area contributed by atoms with Gasteiger partial charge in [0.05, 0.1) is 6.26 Å². The van der Waals surface area contributed by atoms with Crippen LogP contribution in [0, 0.1) is 11.8 Å². The summed E-state index contributed by atoms with van der Waals surface area (Å²) in [6.45, 7) is 3.89. The van der Waals surface area contributed by atoms with Crippen LogP contribution in [-0.2, 0) is 4.79 Å². The van der Waals surface area contributed by atoms with Gasteiger partial charge < -0.3 is 5.11 Å². The van der Waals surface area contributed by atoms with E-state index in [1.165, 1.54) is 0 Å². The van der Waals surface area contributed by atoms with Gasteiger partial charge in [-0.2, -0.15) is 0 Å². The van der Waals surface area contributed by atoms with Gasteiger partial charge in [0.2, 0.25) is 0 Å². The van der Waals surface area contributed by atoms with Crippen molar-refractivity contribution in [2.24, 2.45) is 11.8 Å². The zero-order valence-electron chi connectivity index (χ0n) is 7.00. The van der Waals surface area contributed by atoms with Gasteiger partial charge in [0.1, 0.15) is 0 Å². The third kappa shape index (κ3) is 1.44. The summed E-state index contributed by atoms with van der Waals surface area (Å²) < 4.78 is 0. The molecule has 0 aromatic heterocycles. The molecule has 1 fully saturated rings. The van der Waals surface area contributed by atoms with E-state index in [9.17, 15) is 4.79 Å². The lowest BCUT2D eigenvalue weighted by molar-refractivity contribution is -0.120. The Labute approximate surface area is 66.9 Å². The predicted molar refractivity (Wildman–Crippen MR) is 43.3 cm³/mol. The summed E-state index contributed by atoms with van der Waals surface area (Å²) in [6.07, 6.45) is 2.94. The zero-order valence-corrected chi connectivity index (χ0v) is 7.00. The maximum Gasteiger partial charge on any atom is 0.164 e. The molecule has 1 rings (SSSR count). The Kier molecular flexibility index (Phi) is 2.32. The first-order chi connectivity index (χ1) is 5.16. The largest absolute Gasteiger partial charge is 0.515 e. The fourth-order valence-corrected chi connectivity index (χ4v) is 1.50. The molecule has 0 spiro atoms. The summed E-state index contributed by atoms with van der Waals surface area (Å²) in [5.41, 5.74) is 0.601. The maximum atomic E-state index is 11.3. The van der Waals surface area contributed by atoms with Crippen molar-refractivity contribution in [2.45, 2.75) is 26.7 Å². The van der Waals surface area contributed by atoms with E-state index in [1.54, 1.807) is 0 Å². The first-order valence-electron chi connectivity index (χ1n) is 4.05. The highest BCUT2D eigenvalue weighted by Crippen LogP contribution is 2.29. The lowest BCUT2D eigenvalue weighted by atomic mass is 9.79. The van der Waals surface area contributed by atoms with Gasteiger partial charge in [-0.1, -0.05) is 13.8 Å². The minimum Gasteiger partial charge on any atom is -0.515 e. The van der Waals surface area contributed by atoms with Gasteiger partial charge >= 0.3 is 0 Å². The summed E-state index contributed by atoms with van der Waals surface area (Å²) in [5, 5.41) is 8.77. The predicted octanol–water partition coefficient (Wildman–Crippen LogP) is 2.06. The lowest BCUT2D eigenvalue weighted by Gasteiger charge is -2.24. The van der Waals surface area contributed by atoms with Gasteiger partial charge in [-0.25, -0.2) is 0 Å². The van der Waals surface area contributed by atoms with Gasteiger partial charge in [0.15, 0.2) is 5.78 Å². The van der Waals surface area contributed by atoms with E-state index in [2.05, 4.69) is 0 Å². The van der Waals surface area contributed by atoms with Crippen LogP contribution < -0.4 is 0 Å². The van der Waals surface area contributed by atoms with Crippen molar-refractivity contribution in [3.63, 3.8) is 0 Å². The number of Topliss-reactive ketones (excluding diaryl/α,β-unsaturated/α-hetero) is 1. The molecule has 0 heterocycles. The molecule has 11 heavy (non-hydrogen) atoms. The van der Waals surface area contributed by atoms with E-state index in [-0.39, 0.29) is 17.6 Å². The van der Waals surface area contributed by atoms with Crippen molar-refractivity contribution < 1.29 is 9.90 Å². The number of hydrogen-bond donors (Lipinski definition) is 1. The quantitative estimate of drug-likeness (QED) is 0.428. The van der Waals surface area contributed by atoms with Gasteiger partial charge in [-0.05, 0) is 18.8 Å². The standard InChI is InChI=1S/C9H14O2/c1-6-3-4-7(2)9(11)8(6)5-10/h5-7,10H,3-4H2,1-2H3/b8-5-. The van der Waals surface area contributed by atoms with Crippen molar-refractivity contribution in [1.29, 1.82) is 0 Å². The number of carbonyl (C=O) groups is 1. The van der Waals surface area contributed by atoms with E-state index in [1.807, 2.05) is 13.8 Å². The molecular formula is C9H14O2. The topological polar surface area (TPSA) is 37.3 Å². The smallest absolute Gasteiger partial charge is 0.164 e. The summed E-state index contributed by atoms with van der Waals surface area (Å²) in [5.74, 6) is 0.458. The van der Waals surface area contributed by atoms with Crippen molar-refractivity contribution in [3.8, 4) is 0 Å². The van der Waals surface area contributed by atoms with Gasteiger partial charge in [-0.3, -0.25) is 4.79 Å². The van der Waals surface area contributed by atoms with Gasteiger partial charge in [0, 0.05) is 11.5 Å². The zero-order chi connectivity index (χ0) is 8.43. The van der Waals surface area contributed by atoms with Crippen LogP contribution in [0.4, 0.5) is 0 Å². The Bertz CT molecular complexity index is 194. The number of ketones is 1. The molecule has 2 nitrogen and oxygen atoms in total. The molecule has 0 amide bonds. The van der Waals surface area contributed by atoms with E-state index < -0.39 is 0 Å². The third-order valence-electron chi connectivity index (χ3n) is 2.43. The van der Waals surface area contributed by atoms with Gasteiger partial charge in [-0.15, -0.1) is 0 Å². The summed E-state index contributed by atoms with van der Waals surface area (Å²) in [4.78, 5) is 11.3. The normalized spacial score (nSPS) is 36.2. The second-order valence-corrected chi connectivity index (χ2v) is 3.33. The molecule has 1 aliphatic carbocycles. The number of rotatable bonds is 0. The molecule has 62 valence electrons. The van der Waals surface area contributed by atoms with E-state index >= 15 is 0 Å². The van der Waals surface area contributed by atoms with Crippen LogP contribution in [0.3, 0.4) is 0 Å². The van der Waals surface area contributed by atoms with Crippen molar-refractivity contribution >= 4 is 5.78 Å². The molecule has 1 saturated carbocycles. The highest BCUT2D eigenvalue weighted by Gasteiger charge is 2.27. The molecule has 2 unspecified atom stereocenters. The molecule has 0 bridgehead atoms. The van der Waals surface area contributed by atoms with Crippen LogP contribution >= 0.6 is 0 Å². The lowest BCUT2D eigenvalue weighted by Crippen LogP contribution is -2.24. The molecule has 2 heteroatoms. The van der Waals surface area contributed by atoms with E-state index in [4.69, 9.17) is 5.11 Å². The van der Waals surface area contributed by atoms with Gasteiger partial charge in [0.25, 0.3) is 0 Å². The Balaban J connectivity index is 2.80. The number of aliphatic hydroxyl groups excluding tert-OH is 1. The number of hydrogen-bond acceptors (Lipinski definition) is 2. The molecule has 2 atom stereocenters. The first-order valence-corrected chi connectivity index (χ1v) is 4.05. The van der Waals surface area contributed by atoms with Crippen LogP contribution in [0.2, 0.25) is 0 Å². The highest BCUT2D eigenvalue weighted by molar-refractivity contribution is 5.97. The summed E-state index contributed by atoms with van der Waals surface area (Å²) in [6, 6.07) is 0. The molecule has 1 aliphatic rings. The van der Waals surface area contributed by atoms with Crippen LogP contribution in [0.25, 0.3) is 0 Å². The van der Waals surface area contributed by atoms with Crippen LogP contribution in [0.15, 0.2) is 11.8 Å². The average Bonchev–Trinajstić information content (AvgIpc) is 1.99. The SMILES string of the molecule is CC1CCC(C)/C(=C/O)C1=O. The highest BCUT2D eigenvalue weighted by atomic mass is 16.2. The molecule has 0 saturated heterocycles. The fraction of sp³-hybridized carbons (Fsp3) is 0.667. The Morgan fingerprint density at radius 2 is 1.91 bits per heavy atom. The number of allylic oxidation sites excluding steroid dienone is 1. The summed E-state index contributed by atoms with van der Waals surface area (Å²) >= 11 is 0. The van der Waals surface area contributed by atoms with Crippen molar-refractivity contribution in [2.75, 3.05) is 0 Å².